The van der Waals surface area contributed by atoms with E-state index in [2.05, 4.69) is 5.16 Å². The molecule has 19 heavy (non-hydrogen) atoms. The lowest BCUT2D eigenvalue weighted by Gasteiger charge is -2.20. The maximum atomic E-state index is 12.4. The summed E-state index contributed by atoms with van der Waals surface area (Å²) in [5.74, 6) is 0.315. The van der Waals surface area contributed by atoms with Crippen LogP contribution in [0.4, 0.5) is 5.69 Å². The minimum Gasteiger partial charge on any atom is -0.361 e. The summed E-state index contributed by atoms with van der Waals surface area (Å²) in [5.41, 5.74) is 0.989. The van der Waals surface area contributed by atoms with Gasteiger partial charge in [-0.2, -0.15) is 5.26 Å². The number of carbonyl (C=O) groups excluding carboxylic acids is 1. The first-order valence-corrected chi connectivity index (χ1v) is 5.89. The highest BCUT2D eigenvalue weighted by Gasteiger charge is 2.20. The SMILES string of the molecule is Cc1cc(C(=O)N(CCC#N)c2ccccc2)no1. The topological polar surface area (TPSA) is 70.1 Å². The third kappa shape index (κ3) is 2.99. The number of rotatable bonds is 4. The Morgan fingerprint density at radius 3 is 2.74 bits per heavy atom. The van der Waals surface area contributed by atoms with E-state index in [-0.39, 0.29) is 18.0 Å². The van der Waals surface area contributed by atoms with Crippen LogP contribution in [0.25, 0.3) is 0 Å². The van der Waals surface area contributed by atoms with Crippen molar-refractivity contribution in [3.63, 3.8) is 0 Å². The molecular formula is C14H13N3O2. The number of benzene rings is 1. The first-order chi connectivity index (χ1) is 9.22. The van der Waals surface area contributed by atoms with Gasteiger partial charge in [0.1, 0.15) is 5.76 Å². The Bertz CT molecular complexity index is 599. The van der Waals surface area contributed by atoms with Gasteiger partial charge in [0, 0.05) is 18.3 Å². The van der Waals surface area contributed by atoms with Gasteiger partial charge in [-0.25, -0.2) is 0 Å². The van der Waals surface area contributed by atoms with E-state index < -0.39 is 0 Å². The average Bonchev–Trinajstić information content (AvgIpc) is 2.87. The van der Waals surface area contributed by atoms with Gasteiger partial charge in [0.05, 0.1) is 12.5 Å². The second kappa shape index (κ2) is 5.83. The maximum Gasteiger partial charge on any atom is 0.280 e. The Kier molecular flexibility index (Phi) is 3.94. The van der Waals surface area contributed by atoms with Crippen molar-refractivity contribution in [3.8, 4) is 6.07 Å². The van der Waals surface area contributed by atoms with E-state index in [9.17, 15) is 4.79 Å². The first-order valence-electron chi connectivity index (χ1n) is 5.89. The summed E-state index contributed by atoms with van der Waals surface area (Å²) in [4.78, 5) is 13.9. The number of anilines is 1. The van der Waals surface area contributed by atoms with Gasteiger partial charge in [0.2, 0.25) is 0 Å². The molecular weight excluding hydrogens is 242 g/mol. The van der Waals surface area contributed by atoms with Crippen LogP contribution in [0, 0.1) is 18.3 Å². The van der Waals surface area contributed by atoms with Crippen LogP contribution in [-0.2, 0) is 0 Å². The number of para-hydroxylation sites is 1. The van der Waals surface area contributed by atoms with Crippen LogP contribution in [-0.4, -0.2) is 17.6 Å². The Morgan fingerprint density at radius 2 is 2.16 bits per heavy atom. The van der Waals surface area contributed by atoms with Crippen LogP contribution in [0.15, 0.2) is 40.9 Å². The number of hydrogen-bond acceptors (Lipinski definition) is 4. The fraction of sp³-hybridized carbons (Fsp3) is 0.214. The van der Waals surface area contributed by atoms with Crippen molar-refractivity contribution < 1.29 is 9.32 Å². The monoisotopic (exact) mass is 255 g/mol. The van der Waals surface area contributed by atoms with Gasteiger partial charge in [-0.3, -0.25) is 4.79 Å². The van der Waals surface area contributed by atoms with E-state index in [1.807, 2.05) is 36.4 Å². The predicted octanol–water partition coefficient (Wildman–Crippen LogP) is 2.54. The number of amides is 1. The lowest BCUT2D eigenvalue weighted by Crippen LogP contribution is -2.32. The smallest absolute Gasteiger partial charge is 0.280 e. The second-order valence-electron chi connectivity index (χ2n) is 4.02. The zero-order valence-electron chi connectivity index (χ0n) is 10.5. The summed E-state index contributed by atoms with van der Waals surface area (Å²) in [6, 6.07) is 12.8. The zero-order chi connectivity index (χ0) is 13.7. The van der Waals surface area contributed by atoms with Gasteiger partial charge >= 0.3 is 0 Å². The molecule has 1 heterocycles. The van der Waals surface area contributed by atoms with E-state index in [1.165, 1.54) is 4.90 Å². The molecule has 5 heteroatoms. The van der Waals surface area contributed by atoms with E-state index >= 15 is 0 Å². The minimum atomic E-state index is -0.265. The molecule has 1 amide bonds. The zero-order valence-corrected chi connectivity index (χ0v) is 10.5. The van der Waals surface area contributed by atoms with Crippen LogP contribution in [0.1, 0.15) is 22.7 Å². The number of carbonyl (C=O) groups is 1. The van der Waals surface area contributed by atoms with Crippen molar-refractivity contribution in [2.24, 2.45) is 0 Å². The molecule has 0 radical (unpaired) electrons. The standard InChI is InChI=1S/C14H13N3O2/c1-11-10-13(16-19-11)14(18)17(9-5-8-15)12-6-3-2-4-7-12/h2-4,6-7,10H,5,9H2,1H3. The summed E-state index contributed by atoms with van der Waals surface area (Å²) >= 11 is 0. The summed E-state index contributed by atoms with van der Waals surface area (Å²) in [6.45, 7) is 2.05. The molecule has 0 fully saturated rings. The van der Waals surface area contributed by atoms with Gasteiger partial charge in [-0.1, -0.05) is 23.4 Å². The van der Waals surface area contributed by atoms with Crippen molar-refractivity contribution in [1.82, 2.24) is 5.16 Å². The summed E-state index contributed by atoms with van der Waals surface area (Å²) in [7, 11) is 0. The molecule has 1 aromatic heterocycles. The van der Waals surface area contributed by atoms with Gasteiger partial charge in [-0.15, -0.1) is 0 Å². The van der Waals surface area contributed by atoms with Crippen molar-refractivity contribution in [1.29, 1.82) is 5.26 Å². The van der Waals surface area contributed by atoms with Gasteiger partial charge in [-0.05, 0) is 19.1 Å². The van der Waals surface area contributed by atoms with Crippen molar-refractivity contribution in [2.75, 3.05) is 11.4 Å². The quantitative estimate of drug-likeness (QED) is 0.841. The van der Waals surface area contributed by atoms with Crippen molar-refractivity contribution in [3.05, 3.63) is 47.9 Å². The Morgan fingerprint density at radius 1 is 1.42 bits per heavy atom. The lowest BCUT2D eigenvalue weighted by atomic mass is 10.2. The molecule has 1 aromatic carbocycles. The molecule has 0 N–H and O–H groups in total. The second-order valence-corrected chi connectivity index (χ2v) is 4.02. The molecule has 0 bridgehead atoms. The minimum absolute atomic E-state index is 0.249. The molecule has 0 saturated carbocycles. The van der Waals surface area contributed by atoms with E-state index in [0.717, 1.165) is 5.69 Å². The van der Waals surface area contributed by atoms with Crippen LogP contribution in [0.5, 0.6) is 0 Å². The number of hydrogen-bond donors (Lipinski definition) is 0. The van der Waals surface area contributed by atoms with E-state index in [4.69, 9.17) is 9.78 Å². The molecule has 0 aliphatic carbocycles. The van der Waals surface area contributed by atoms with Crippen LogP contribution in [0.2, 0.25) is 0 Å². The lowest BCUT2D eigenvalue weighted by molar-refractivity contribution is 0.0978. The molecule has 2 rings (SSSR count). The first kappa shape index (κ1) is 12.8. The Labute approximate surface area is 111 Å². The third-order valence-electron chi connectivity index (χ3n) is 2.61. The van der Waals surface area contributed by atoms with Crippen LogP contribution in [0.3, 0.4) is 0 Å². The molecule has 0 aliphatic heterocycles. The fourth-order valence-corrected chi connectivity index (χ4v) is 1.72. The normalized spacial score (nSPS) is 9.89. The fourth-order valence-electron chi connectivity index (χ4n) is 1.72. The summed E-state index contributed by atoms with van der Waals surface area (Å²) in [5, 5.41) is 12.4. The summed E-state index contributed by atoms with van der Waals surface area (Å²) in [6.07, 6.45) is 0.261. The molecule has 0 unspecified atom stereocenters. The van der Waals surface area contributed by atoms with Crippen molar-refractivity contribution >= 4 is 11.6 Å². The molecule has 5 nitrogen and oxygen atoms in total. The average molecular weight is 255 g/mol. The number of aryl methyl sites for hydroxylation is 1. The Balaban J connectivity index is 2.28. The van der Waals surface area contributed by atoms with Crippen molar-refractivity contribution in [2.45, 2.75) is 13.3 Å². The Hall–Kier alpha value is -2.61. The van der Waals surface area contributed by atoms with Crippen LogP contribution >= 0.6 is 0 Å². The highest BCUT2D eigenvalue weighted by molar-refractivity contribution is 6.04. The third-order valence-corrected chi connectivity index (χ3v) is 2.61. The maximum absolute atomic E-state index is 12.4. The predicted molar refractivity (Wildman–Crippen MR) is 69.6 cm³/mol. The molecule has 0 saturated heterocycles. The molecule has 0 aliphatic rings. The van der Waals surface area contributed by atoms with Gasteiger partial charge < -0.3 is 9.42 Å². The highest BCUT2D eigenvalue weighted by Crippen LogP contribution is 2.17. The largest absolute Gasteiger partial charge is 0.361 e. The molecule has 0 atom stereocenters. The van der Waals surface area contributed by atoms with Gasteiger partial charge in [0.15, 0.2) is 5.69 Å². The van der Waals surface area contributed by atoms with Gasteiger partial charge in [0.25, 0.3) is 5.91 Å². The van der Waals surface area contributed by atoms with E-state index in [0.29, 0.717) is 12.3 Å². The number of aromatic nitrogens is 1. The summed E-state index contributed by atoms with van der Waals surface area (Å²) < 4.78 is 4.91. The van der Waals surface area contributed by atoms with E-state index in [1.54, 1.807) is 13.0 Å². The molecule has 2 aromatic rings. The van der Waals surface area contributed by atoms with Crippen LogP contribution < -0.4 is 4.90 Å². The molecule has 0 spiro atoms. The number of nitrogens with zero attached hydrogens (tertiary/aromatic N) is 3. The highest BCUT2D eigenvalue weighted by atomic mass is 16.5. The molecule has 96 valence electrons. The number of nitriles is 1.